The van der Waals surface area contributed by atoms with Crippen LogP contribution in [0.25, 0.3) is 10.8 Å². The van der Waals surface area contributed by atoms with Gasteiger partial charge < -0.3 is 10.0 Å². The zero-order valence-corrected chi connectivity index (χ0v) is 14.2. The van der Waals surface area contributed by atoms with Crippen molar-refractivity contribution in [1.29, 1.82) is 0 Å². The first kappa shape index (κ1) is 16.3. The molecular weight excluding hydrogens is 330 g/mol. The second kappa shape index (κ2) is 6.63. The number of nitrogens with zero attached hydrogens (tertiary/aromatic N) is 3. The molecule has 0 spiro atoms. The van der Waals surface area contributed by atoms with Crippen LogP contribution in [-0.4, -0.2) is 44.8 Å². The van der Waals surface area contributed by atoms with Gasteiger partial charge in [-0.05, 0) is 29.7 Å². The van der Waals surface area contributed by atoms with E-state index in [0.29, 0.717) is 13.1 Å². The molecule has 132 valence electrons. The molecule has 1 fully saturated rings. The fraction of sp³-hybridized carbons (Fsp3) is 0.250. The van der Waals surface area contributed by atoms with Crippen molar-refractivity contribution in [3.63, 3.8) is 0 Å². The minimum absolute atomic E-state index is 0.0481. The number of rotatable bonds is 3. The molecule has 0 radical (unpaired) electrons. The number of fused-ring (bicyclic) bond motifs is 1. The van der Waals surface area contributed by atoms with Crippen LogP contribution in [0.5, 0.6) is 0 Å². The Morgan fingerprint density at radius 2 is 1.77 bits per heavy atom. The number of aromatic nitrogens is 2. The van der Waals surface area contributed by atoms with Gasteiger partial charge in [-0.1, -0.05) is 36.4 Å². The Hall–Kier alpha value is -3.15. The Balaban J connectivity index is 1.48. The Morgan fingerprint density at radius 1 is 1.04 bits per heavy atom. The van der Waals surface area contributed by atoms with E-state index in [9.17, 15) is 9.59 Å². The van der Waals surface area contributed by atoms with E-state index >= 15 is 0 Å². The lowest BCUT2D eigenvalue weighted by atomic mass is 10.0. The van der Waals surface area contributed by atoms with Gasteiger partial charge in [0.2, 0.25) is 0 Å². The number of carboxylic acids is 1. The van der Waals surface area contributed by atoms with Crippen molar-refractivity contribution in [2.24, 2.45) is 0 Å². The second-order valence-corrected chi connectivity index (χ2v) is 6.56. The monoisotopic (exact) mass is 349 g/mol. The van der Waals surface area contributed by atoms with Crippen molar-refractivity contribution in [3.05, 3.63) is 66.0 Å². The molecule has 1 aliphatic heterocycles. The highest BCUT2D eigenvalue weighted by atomic mass is 16.4. The lowest BCUT2D eigenvalue weighted by molar-refractivity contribution is 0.0689. The fourth-order valence-electron chi connectivity index (χ4n) is 3.56. The molecule has 0 unspecified atom stereocenters. The van der Waals surface area contributed by atoms with Gasteiger partial charge in [0.15, 0.2) is 0 Å². The van der Waals surface area contributed by atoms with Crippen LogP contribution >= 0.6 is 0 Å². The van der Waals surface area contributed by atoms with Crippen molar-refractivity contribution in [3.8, 4) is 0 Å². The van der Waals surface area contributed by atoms with Crippen molar-refractivity contribution >= 4 is 22.6 Å². The quantitative estimate of drug-likeness (QED) is 0.788. The molecule has 26 heavy (non-hydrogen) atoms. The number of benzene rings is 2. The molecule has 0 saturated carbocycles. The highest BCUT2D eigenvalue weighted by Gasteiger charge is 2.26. The van der Waals surface area contributed by atoms with Crippen LogP contribution in [0.2, 0.25) is 0 Å². The third-order valence-electron chi connectivity index (χ3n) is 4.99. The maximum atomic E-state index is 13.0. The highest BCUT2D eigenvalue weighted by molar-refractivity contribution is 6.07. The van der Waals surface area contributed by atoms with Gasteiger partial charge in [0.05, 0.1) is 17.8 Å². The lowest BCUT2D eigenvalue weighted by Crippen LogP contribution is -2.39. The molecule has 0 atom stereocenters. The van der Waals surface area contributed by atoms with Gasteiger partial charge >= 0.3 is 5.97 Å². The maximum Gasteiger partial charge on any atom is 0.338 e. The molecule has 1 aromatic heterocycles. The Labute approximate surface area is 150 Å². The first-order chi connectivity index (χ1) is 12.6. The first-order valence-electron chi connectivity index (χ1n) is 8.68. The molecule has 2 aromatic carbocycles. The predicted molar refractivity (Wildman–Crippen MR) is 97.3 cm³/mol. The normalized spacial score (nSPS) is 15.3. The largest absolute Gasteiger partial charge is 0.478 e. The van der Waals surface area contributed by atoms with E-state index in [4.69, 9.17) is 5.11 Å². The Morgan fingerprint density at radius 3 is 2.50 bits per heavy atom. The maximum absolute atomic E-state index is 13.0. The summed E-state index contributed by atoms with van der Waals surface area (Å²) in [7, 11) is 0. The van der Waals surface area contributed by atoms with E-state index < -0.39 is 5.97 Å². The summed E-state index contributed by atoms with van der Waals surface area (Å²) in [6.45, 7) is 1.27. The molecule has 1 N–H and O–H groups in total. The van der Waals surface area contributed by atoms with Gasteiger partial charge in [0, 0.05) is 24.8 Å². The molecule has 1 aliphatic rings. The molecule has 4 rings (SSSR count). The summed E-state index contributed by atoms with van der Waals surface area (Å²) in [5.74, 6) is -0.924. The van der Waals surface area contributed by atoms with E-state index in [-0.39, 0.29) is 17.5 Å². The topological polar surface area (TPSA) is 75.4 Å². The smallest absolute Gasteiger partial charge is 0.338 e. The molecular formula is C20H19N3O3. The highest BCUT2D eigenvalue weighted by Crippen LogP contribution is 2.25. The zero-order chi connectivity index (χ0) is 18.1. The number of piperidine rings is 1. The van der Waals surface area contributed by atoms with E-state index in [1.807, 2.05) is 47.4 Å². The number of aromatic carboxylic acids is 1. The van der Waals surface area contributed by atoms with E-state index in [1.54, 1.807) is 10.9 Å². The van der Waals surface area contributed by atoms with Crippen LogP contribution in [0.15, 0.2) is 54.9 Å². The van der Waals surface area contributed by atoms with Crippen molar-refractivity contribution in [1.82, 2.24) is 14.7 Å². The number of likely N-dealkylation sites (tertiary alicyclic amines) is 1. The van der Waals surface area contributed by atoms with Crippen LogP contribution in [0.4, 0.5) is 0 Å². The van der Waals surface area contributed by atoms with E-state index in [2.05, 4.69) is 5.10 Å². The summed E-state index contributed by atoms with van der Waals surface area (Å²) in [5, 5.41) is 15.2. The molecule has 1 amide bonds. The summed E-state index contributed by atoms with van der Waals surface area (Å²) >= 11 is 0. The molecule has 1 saturated heterocycles. The summed E-state index contributed by atoms with van der Waals surface area (Å²) in [6, 6.07) is 13.8. The number of amides is 1. The molecule has 2 heterocycles. The van der Waals surface area contributed by atoms with Gasteiger partial charge in [-0.15, -0.1) is 0 Å². The molecule has 6 heteroatoms. The van der Waals surface area contributed by atoms with Crippen LogP contribution in [0, 0.1) is 0 Å². The van der Waals surface area contributed by atoms with Gasteiger partial charge in [0.25, 0.3) is 5.91 Å². The van der Waals surface area contributed by atoms with Crippen molar-refractivity contribution < 1.29 is 14.7 Å². The number of hydrogen-bond acceptors (Lipinski definition) is 3. The Bertz CT molecular complexity index is 966. The predicted octanol–water partition coefficient (Wildman–Crippen LogP) is 3.21. The number of hydrogen-bond donors (Lipinski definition) is 1. The molecule has 3 aromatic rings. The van der Waals surface area contributed by atoms with Gasteiger partial charge in [-0.25, -0.2) is 4.79 Å². The fourth-order valence-corrected chi connectivity index (χ4v) is 3.56. The van der Waals surface area contributed by atoms with Crippen LogP contribution in [0.3, 0.4) is 0 Å². The van der Waals surface area contributed by atoms with Crippen LogP contribution in [-0.2, 0) is 0 Å². The van der Waals surface area contributed by atoms with Gasteiger partial charge in [-0.3, -0.25) is 9.48 Å². The minimum atomic E-state index is -0.972. The molecule has 0 bridgehead atoms. The van der Waals surface area contributed by atoms with E-state index in [1.165, 1.54) is 6.20 Å². The molecule has 0 aliphatic carbocycles. The van der Waals surface area contributed by atoms with Crippen LogP contribution in [0.1, 0.15) is 39.6 Å². The first-order valence-corrected chi connectivity index (χ1v) is 8.68. The van der Waals surface area contributed by atoms with E-state index in [0.717, 1.165) is 29.2 Å². The molecule has 6 nitrogen and oxygen atoms in total. The average molecular weight is 349 g/mol. The number of carboxylic acid groups (broad SMARTS) is 1. The van der Waals surface area contributed by atoms with Gasteiger partial charge in [0.1, 0.15) is 0 Å². The number of carbonyl (C=O) groups is 2. The third kappa shape index (κ3) is 2.94. The van der Waals surface area contributed by atoms with Crippen molar-refractivity contribution in [2.45, 2.75) is 18.9 Å². The van der Waals surface area contributed by atoms with Crippen molar-refractivity contribution in [2.75, 3.05) is 13.1 Å². The number of carbonyl (C=O) groups excluding carboxylic acids is 1. The zero-order valence-electron chi connectivity index (χ0n) is 14.2. The second-order valence-electron chi connectivity index (χ2n) is 6.56. The average Bonchev–Trinajstić information content (AvgIpc) is 3.18. The summed E-state index contributed by atoms with van der Waals surface area (Å²) in [4.78, 5) is 25.8. The standard InChI is InChI=1S/C20H19N3O3/c24-19(18-7-3-5-14-4-1-2-6-17(14)18)22-10-8-16(9-11-22)23-13-15(12-21-23)20(25)26/h1-7,12-13,16H,8-11H2,(H,25,26). The summed E-state index contributed by atoms with van der Waals surface area (Å²) in [5.41, 5.74) is 0.924. The minimum Gasteiger partial charge on any atom is -0.478 e. The SMILES string of the molecule is O=C(O)c1cnn(C2CCN(C(=O)c3cccc4ccccc34)CC2)c1. The summed E-state index contributed by atoms with van der Waals surface area (Å²) in [6.07, 6.45) is 4.46. The van der Waals surface area contributed by atoms with Crippen LogP contribution < -0.4 is 0 Å². The Kier molecular flexibility index (Phi) is 4.16. The summed E-state index contributed by atoms with van der Waals surface area (Å²) < 4.78 is 1.71. The third-order valence-corrected chi connectivity index (χ3v) is 4.99. The lowest BCUT2D eigenvalue weighted by Gasteiger charge is -2.32. The van der Waals surface area contributed by atoms with Gasteiger partial charge in [-0.2, -0.15) is 5.10 Å².